The van der Waals surface area contributed by atoms with E-state index in [1.54, 1.807) is 7.11 Å². The Hall–Kier alpha value is -2.22. The number of H-pyrrole nitrogens is 1. The number of allylic oxidation sites excluding steroid dienone is 4. The van der Waals surface area contributed by atoms with Crippen molar-refractivity contribution in [3.05, 3.63) is 57.8 Å². The van der Waals surface area contributed by atoms with E-state index in [0.717, 1.165) is 5.76 Å². The Morgan fingerprint density at radius 3 is 2.75 bits per heavy atom. The molecule has 1 unspecified atom stereocenters. The highest BCUT2D eigenvalue weighted by atomic mass is 16.5. The van der Waals surface area contributed by atoms with E-state index in [4.69, 9.17) is 4.74 Å². The maximum absolute atomic E-state index is 5.62. The van der Waals surface area contributed by atoms with E-state index in [2.05, 4.69) is 55.2 Å². The Morgan fingerprint density at radius 2 is 1.95 bits per heavy atom. The van der Waals surface area contributed by atoms with Gasteiger partial charge in [-0.1, -0.05) is 25.1 Å². The summed E-state index contributed by atoms with van der Waals surface area (Å²) in [6.07, 6.45) is 4.49. The lowest BCUT2D eigenvalue weighted by molar-refractivity contribution is 0.259. The average Bonchev–Trinajstić information content (AvgIpc) is 2.94. The monoisotopic (exact) mass is 263 g/mol. The van der Waals surface area contributed by atoms with Crippen LogP contribution in [0.5, 0.6) is 0 Å². The quantitative estimate of drug-likeness (QED) is 0.840. The number of rotatable bonds is 1. The van der Waals surface area contributed by atoms with Crippen LogP contribution in [-0.4, -0.2) is 12.1 Å². The molecule has 1 aromatic carbocycles. The van der Waals surface area contributed by atoms with Gasteiger partial charge in [0.25, 0.3) is 0 Å². The first-order chi connectivity index (χ1) is 9.70. The van der Waals surface area contributed by atoms with Gasteiger partial charge in [0.1, 0.15) is 5.76 Å². The minimum absolute atomic E-state index is 0.303. The summed E-state index contributed by atoms with van der Waals surface area (Å²) in [4.78, 5) is 3.52. The van der Waals surface area contributed by atoms with E-state index in [-0.39, 0.29) is 0 Å². The number of benzene rings is 1. The number of nitrogens with one attached hydrogen (secondary N) is 1. The number of ether oxygens (including phenoxy) is 1. The van der Waals surface area contributed by atoms with Crippen molar-refractivity contribution in [2.24, 2.45) is 5.92 Å². The van der Waals surface area contributed by atoms with Gasteiger partial charge in [0.05, 0.1) is 7.11 Å². The fraction of sp³-hybridized carbons (Fsp3) is 0.222. The van der Waals surface area contributed by atoms with Crippen molar-refractivity contribution in [2.45, 2.75) is 13.8 Å². The molecule has 1 atom stereocenters. The lowest BCUT2D eigenvalue weighted by Gasteiger charge is -2.24. The first kappa shape index (κ1) is 11.6. The van der Waals surface area contributed by atoms with Gasteiger partial charge < -0.3 is 9.72 Å². The minimum atomic E-state index is 0.303. The molecule has 0 amide bonds. The van der Waals surface area contributed by atoms with Crippen LogP contribution in [0.25, 0.3) is 22.6 Å². The lowest BCUT2D eigenvalue weighted by atomic mass is 9.85. The number of fused-ring (bicyclic) bond motifs is 4. The van der Waals surface area contributed by atoms with Gasteiger partial charge in [-0.2, -0.15) is 0 Å². The zero-order valence-corrected chi connectivity index (χ0v) is 11.9. The molecular formula is C18H17NO. The van der Waals surface area contributed by atoms with Crippen molar-refractivity contribution < 1.29 is 4.74 Å². The third-order valence-electron chi connectivity index (χ3n) is 4.42. The molecule has 0 radical (unpaired) electrons. The molecule has 1 aromatic heterocycles. The molecule has 100 valence electrons. The molecule has 0 fully saturated rings. The summed E-state index contributed by atoms with van der Waals surface area (Å²) in [5, 5.41) is 3.88. The van der Waals surface area contributed by atoms with E-state index in [1.165, 1.54) is 38.2 Å². The molecule has 4 rings (SSSR count). The molecule has 2 heteroatoms. The summed E-state index contributed by atoms with van der Waals surface area (Å²) in [6, 6.07) is 8.50. The highest BCUT2D eigenvalue weighted by Crippen LogP contribution is 2.36. The molecule has 2 nitrogen and oxygen atoms in total. The molecule has 0 saturated heterocycles. The SMILES string of the molecule is COC1=C(C)C=C2C=c3[nH]c4ccccc4c3=C2C1C. The predicted molar refractivity (Wildman–Crippen MR) is 82.4 cm³/mol. The van der Waals surface area contributed by atoms with Crippen LogP contribution in [0.3, 0.4) is 0 Å². The third kappa shape index (κ3) is 1.34. The molecule has 1 heterocycles. The first-order valence-electron chi connectivity index (χ1n) is 7.00. The topological polar surface area (TPSA) is 25.0 Å². The summed E-state index contributed by atoms with van der Waals surface area (Å²) in [6.45, 7) is 4.35. The van der Waals surface area contributed by atoms with Crippen LogP contribution in [0.15, 0.2) is 47.2 Å². The third-order valence-corrected chi connectivity index (χ3v) is 4.42. The minimum Gasteiger partial charge on any atom is -0.500 e. The summed E-state index contributed by atoms with van der Waals surface area (Å²) in [5.41, 5.74) is 5.14. The number of methoxy groups -OCH3 is 1. The predicted octanol–water partition coefficient (Wildman–Crippen LogP) is 2.61. The normalized spacial score (nSPS) is 20.6. The van der Waals surface area contributed by atoms with Crippen LogP contribution in [0, 0.1) is 5.92 Å². The number of aromatic amines is 1. The maximum Gasteiger partial charge on any atom is 0.106 e. The molecule has 0 bridgehead atoms. The van der Waals surface area contributed by atoms with Gasteiger partial charge in [0, 0.05) is 27.4 Å². The van der Waals surface area contributed by atoms with Crippen LogP contribution in [0.4, 0.5) is 0 Å². The largest absolute Gasteiger partial charge is 0.500 e. The van der Waals surface area contributed by atoms with E-state index in [9.17, 15) is 0 Å². The van der Waals surface area contributed by atoms with Gasteiger partial charge in [-0.3, -0.25) is 0 Å². The van der Waals surface area contributed by atoms with Crippen molar-refractivity contribution in [3.8, 4) is 0 Å². The summed E-state index contributed by atoms with van der Waals surface area (Å²) in [5.74, 6) is 1.38. The van der Waals surface area contributed by atoms with Gasteiger partial charge in [0.2, 0.25) is 0 Å². The second-order valence-corrected chi connectivity index (χ2v) is 5.59. The number of para-hydroxylation sites is 1. The van der Waals surface area contributed by atoms with Gasteiger partial charge in [-0.15, -0.1) is 0 Å². The Balaban J connectivity index is 2.13. The zero-order valence-electron chi connectivity index (χ0n) is 11.9. The van der Waals surface area contributed by atoms with Crippen LogP contribution in [0.2, 0.25) is 0 Å². The Bertz CT molecular complexity index is 909. The van der Waals surface area contributed by atoms with Crippen LogP contribution in [0.1, 0.15) is 13.8 Å². The van der Waals surface area contributed by atoms with Gasteiger partial charge in [-0.25, -0.2) is 0 Å². The van der Waals surface area contributed by atoms with Gasteiger partial charge in [-0.05, 0) is 41.9 Å². The molecule has 20 heavy (non-hydrogen) atoms. The number of hydrogen-bond donors (Lipinski definition) is 1. The Morgan fingerprint density at radius 1 is 1.15 bits per heavy atom. The highest BCUT2D eigenvalue weighted by molar-refractivity contribution is 5.94. The molecule has 2 aromatic rings. The van der Waals surface area contributed by atoms with Crippen molar-refractivity contribution >= 4 is 22.6 Å². The molecule has 0 spiro atoms. The molecule has 1 N–H and O–H groups in total. The summed E-state index contributed by atoms with van der Waals surface area (Å²) in [7, 11) is 1.77. The zero-order chi connectivity index (χ0) is 13.9. The van der Waals surface area contributed by atoms with Crippen LogP contribution in [-0.2, 0) is 4.74 Å². The molecule has 0 saturated carbocycles. The van der Waals surface area contributed by atoms with Crippen molar-refractivity contribution in [3.63, 3.8) is 0 Å². The fourth-order valence-corrected chi connectivity index (χ4v) is 3.64. The van der Waals surface area contributed by atoms with Gasteiger partial charge in [0.15, 0.2) is 0 Å². The number of hydrogen-bond acceptors (Lipinski definition) is 1. The molecule has 0 aliphatic heterocycles. The second-order valence-electron chi connectivity index (χ2n) is 5.59. The molecule has 2 aliphatic carbocycles. The maximum atomic E-state index is 5.62. The van der Waals surface area contributed by atoms with Crippen molar-refractivity contribution in [1.29, 1.82) is 0 Å². The second kappa shape index (κ2) is 3.89. The average molecular weight is 263 g/mol. The standard InChI is InChI=1S/C18H17NO/c1-10-8-12-9-15-17(16(12)11(2)18(10)20-3)13-6-4-5-7-14(13)19-15/h4-9,11,19H,1-3H3. The van der Waals surface area contributed by atoms with Gasteiger partial charge >= 0.3 is 0 Å². The lowest BCUT2D eigenvalue weighted by Crippen LogP contribution is -2.24. The summed E-state index contributed by atoms with van der Waals surface area (Å²) < 4.78 is 5.62. The molecule has 2 aliphatic rings. The van der Waals surface area contributed by atoms with E-state index in [1.807, 2.05) is 0 Å². The molecular weight excluding hydrogens is 246 g/mol. The van der Waals surface area contributed by atoms with Crippen LogP contribution >= 0.6 is 0 Å². The smallest absolute Gasteiger partial charge is 0.106 e. The summed E-state index contributed by atoms with van der Waals surface area (Å²) >= 11 is 0. The van der Waals surface area contributed by atoms with Crippen molar-refractivity contribution in [1.82, 2.24) is 4.98 Å². The van der Waals surface area contributed by atoms with E-state index < -0.39 is 0 Å². The highest BCUT2D eigenvalue weighted by Gasteiger charge is 2.28. The first-order valence-corrected chi connectivity index (χ1v) is 7.00. The van der Waals surface area contributed by atoms with Crippen molar-refractivity contribution in [2.75, 3.05) is 7.11 Å². The Labute approximate surface area is 117 Å². The van der Waals surface area contributed by atoms with E-state index >= 15 is 0 Å². The van der Waals surface area contributed by atoms with Crippen LogP contribution < -0.4 is 10.6 Å². The number of aromatic nitrogens is 1. The van der Waals surface area contributed by atoms with E-state index in [0.29, 0.717) is 5.92 Å². The fourth-order valence-electron chi connectivity index (χ4n) is 3.64. The Kier molecular flexibility index (Phi) is 2.25.